The van der Waals surface area contributed by atoms with Crippen molar-refractivity contribution < 1.29 is 9.53 Å². The lowest BCUT2D eigenvalue weighted by molar-refractivity contribution is 0.0299. The summed E-state index contributed by atoms with van der Waals surface area (Å²) in [7, 11) is 0. The number of anilines is 2. The molecule has 1 N–H and O–H groups in total. The first-order chi connectivity index (χ1) is 14.2. The lowest BCUT2D eigenvalue weighted by Crippen LogP contribution is -2.41. The molecular weight excluding hydrogens is 366 g/mol. The third-order valence-corrected chi connectivity index (χ3v) is 4.56. The zero-order valence-electron chi connectivity index (χ0n) is 15.7. The fourth-order valence-corrected chi connectivity index (χ4v) is 3.04. The molecule has 0 saturated carbocycles. The molecule has 1 aromatic heterocycles. The van der Waals surface area contributed by atoms with Crippen molar-refractivity contribution in [2.24, 2.45) is 0 Å². The van der Waals surface area contributed by atoms with Gasteiger partial charge in [-0.1, -0.05) is 30.3 Å². The number of carbonyl (C=O) groups is 1. The summed E-state index contributed by atoms with van der Waals surface area (Å²) in [6.07, 6.45) is 0. The molecule has 29 heavy (non-hydrogen) atoms. The molecule has 7 heteroatoms. The molecule has 7 nitrogen and oxygen atoms in total. The largest absolute Gasteiger partial charge is 0.378 e. The van der Waals surface area contributed by atoms with Crippen molar-refractivity contribution in [2.45, 2.75) is 0 Å². The summed E-state index contributed by atoms with van der Waals surface area (Å²) in [5.74, 6) is 0.844. The van der Waals surface area contributed by atoms with Crippen LogP contribution in [-0.2, 0) is 4.74 Å². The molecule has 1 aliphatic heterocycles. The molecule has 1 saturated heterocycles. The van der Waals surface area contributed by atoms with E-state index in [2.05, 4.69) is 21.4 Å². The van der Waals surface area contributed by atoms with Crippen LogP contribution in [0.1, 0.15) is 16.1 Å². The van der Waals surface area contributed by atoms with Crippen molar-refractivity contribution in [3.63, 3.8) is 0 Å². The smallest absolute Gasteiger partial charge is 0.272 e. The standard InChI is InChI=1S/C22H19N5O2/c23-15-16-6-8-18(9-7-16)24-20-14-19(22(28)27-10-12-29-13-11-27)25-21(26-20)17-4-2-1-3-5-17/h1-9,14H,10-13H2,(H,24,25,26). The van der Waals surface area contributed by atoms with Crippen molar-refractivity contribution in [3.05, 3.63) is 71.9 Å². The van der Waals surface area contributed by atoms with Crippen molar-refractivity contribution >= 4 is 17.4 Å². The Kier molecular flexibility index (Phi) is 5.45. The average molecular weight is 385 g/mol. The Bertz CT molecular complexity index is 1040. The van der Waals surface area contributed by atoms with E-state index in [1.54, 1.807) is 35.2 Å². The second-order valence-corrected chi connectivity index (χ2v) is 6.55. The van der Waals surface area contributed by atoms with Crippen molar-refractivity contribution in [1.82, 2.24) is 14.9 Å². The molecule has 2 aromatic carbocycles. The van der Waals surface area contributed by atoms with Crippen LogP contribution in [0.25, 0.3) is 11.4 Å². The third kappa shape index (κ3) is 4.39. The van der Waals surface area contributed by atoms with Gasteiger partial charge in [-0.3, -0.25) is 4.79 Å². The second kappa shape index (κ2) is 8.50. The van der Waals surface area contributed by atoms with Gasteiger partial charge >= 0.3 is 0 Å². The van der Waals surface area contributed by atoms with Crippen molar-refractivity contribution in [1.29, 1.82) is 5.26 Å². The predicted molar refractivity (Wildman–Crippen MR) is 109 cm³/mol. The average Bonchev–Trinajstić information content (AvgIpc) is 2.80. The van der Waals surface area contributed by atoms with E-state index in [0.29, 0.717) is 49.2 Å². The highest BCUT2D eigenvalue weighted by atomic mass is 16.5. The van der Waals surface area contributed by atoms with Gasteiger partial charge in [-0.2, -0.15) is 5.26 Å². The quantitative estimate of drug-likeness (QED) is 0.741. The third-order valence-electron chi connectivity index (χ3n) is 4.56. The molecule has 0 spiro atoms. The Morgan fingerprint density at radius 2 is 1.76 bits per heavy atom. The second-order valence-electron chi connectivity index (χ2n) is 6.55. The summed E-state index contributed by atoms with van der Waals surface area (Å²) >= 11 is 0. The topological polar surface area (TPSA) is 91.1 Å². The monoisotopic (exact) mass is 385 g/mol. The van der Waals surface area contributed by atoms with Crippen LogP contribution in [0.4, 0.5) is 11.5 Å². The Morgan fingerprint density at radius 1 is 1.03 bits per heavy atom. The molecule has 1 aliphatic rings. The summed E-state index contributed by atoms with van der Waals surface area (Å²) in [4.78, 5) is 23.8. The SMILES string of the molecule is N#Cc1ccc(Nc2cc(C(=O)N3CCOCC3)nc(-c3ccccc3)n2)cc1. The molecule has 0 bridgehead atoms. The van der Waals surface area contributed by atoms with Crippen LogP contribution in [0.15, 0.2) is 60.7 Å². The van der Waals surface area contributed by atoms with Gasteiger partial charge in [0.25, 0.3) is 5.91 Å². The number of nitrogens with one attached hydrogen (secondary N) is 1. The van der Waals surface area contributed by atoms with E-state index in [1.165, 1.54) is 0 Å². The van der Waals surface area contributed by atoms with E-state index >= 15 is 0 Å². The van der Waals surface area contributed by atoms with Crippen LogP contribution < -0.4 is 5.32 Å². The zero-order valence-corrected chi connectivity index (χ0v) is 15.7. The molecule has 1 fully saturated rings. The van der Waals surface area contributed by atoms with Gasteiger partial charge in [-0.25, -0.2) is 9.97 Å². The van der Waals surface area contributed by atoms with Gasteiger partial charge in [-0.15, -0.1) is 0 Å². The molecule has 0 unspecified atom stereocenters. The number of rotatable bonds is 4. The maximum Gasteiger partial charge on any atom is 0.272 e. The number of nitriles is 1. The lowest BCUT2D eigenvalue weighted by Gasteiger charge is -2.26. The maximum atomic E-state index is 13.0. The lowest BCUT2D eigenvalue weighted by atomic mass is 10.2. The number of ether oxygens (including phenoxy) is 1. The number of hydrogen-bond acceptors (Lipinski definition) is 6. The van der Waals surface area contributed by atoms with Gasteiger partial charge in [0.15, 0.2) is 5.82 Å². The van der Waals surface area contributed by atoms with Gasteiger partial charge in [0.05, 0.1) is 24.8 Å². The highest BCUT2D eigenvalue weighted by Crippen LogP contribution is 2.22. The summed E-state index contributed by atoms with van der Waals surface area (Å²) in [6.45, 7) is 2.14. The number of carbonyl (C=O) groups excluding carboxylic acids is 1. The van der Waals surface area contributed by atoms with Crippen LogP contribution >= 0.6 is 0 Å². The number of aromatic nitrogens is 2. The van der Waals surface area contributed by atoms with E-state index in [9.17, 15) is 4.79 Å². The summed E-state index contributed by atoms with van der Waals surface area (Å²) in [6, 6.07) is 20.3. The Labute approximate surface area is 168 Å². The molecule has 0 atom stereocenters. The Balaban J connectivity index is 1.69. The summed E-state index contributed by atoms with van der Waals surface area (Å²) < 4.78 is 5.34. The fraction of sp³-hybridized carbons (Fsp3) is 0.182. The minimum atomic E-state index is -0.143. The van der Waals surface area contributed by atoms with Crippen LogP contribution in [-0.4, -0.2) is 47.1 Å². The van der Waals surface area contributed by atoms with E-state index in [4.69, 9.17) is 10.00 Å². The van der Waals surface area contributed by atoms with Gasteiger partial charge in [0, 0.05) is 30.4 Å². The van der Waals surface area contributed by atoms with Crippen LogP contribution in [0, 0.1) is 11.3 Å². The fourth-order valence-electron chi connectivity index (χ4n) is 3.04. The molecule has 4 rings (SSSR count). The first-order valence-electron chi connectivity index (χ1n) is 9.31. The molecule has 144 valence electrons. The molecule has 2 heterocycles. The van der Waals surface area contributed by atoms with Gasteiger partial charge in [0.2, 0.25) is 0 Å². The van der Waals surface area contributed by atoms with Crippen LogP contribution in [0.2, 0.25) is 0 Å². The van der Waals surface area contributed by atoms with Crippen LogP contribution in [0.5, 0.6) is 0 Å². The maximum absolute atomic E-state index is 13.0. The van der Waals surface area contributed by atoms with E-state index in [1.807, 2.05) is 30.3 Å². The summed E-state index contributed by atoms with van der Waals surface area (Å²) in [5, 5.41) is 12.2. The van der Waals surface area contributed by atoms with Gasteiger partial charge in [-0.05, 0) is 24.3 Å². The van der Waals surface area contributed by atoms with Crippen molar-refractivity contribution in [2.75, 3.05) is 31.6 Å². The number of nitrogens with zero attached hydrogens (tertiary/aromatic N) is 4. The van der Waals surface area contributed by atoms with E-state index < -0.39 is 0 Å². The molecule has 0 aliphatic carbocycles. The molecular formula is C22H19N5O2. The molecule has 1 amide bonds. The van der Waals surface area contributed by atoms with Gasteiger partial charge in [0.1, 0.15) is 11.5 Å². The Morgan fingerprint density at radius 3 is 2.45 bits per heavy atom. The number of benzene rings is 2. The Hall–Kier alpha value is -3.76. The number of amides is 1. The highest BCUT2D eigenvalue weighted by molar-refractivity contribution is 5.93. The van der Waals surface area contributed by atoms with Crippen molar-refractivity contribution in [3.8, 4) is 17.5 Å². The number of hydrogen-bond donors (Lipinski definition) is 1. The van der Waals surface area contributed by atoms with Crippen LogP contribution in [0.3, 0.4) is 0 Å². The predicted octanol–water partition coefficient (Wildman–Crippen LogP) is 3.23. The minimum absolute atomic E-state index is 0.143. The molecule has 3 aromatic rings. The summed E-state index contributed by atoms with van der Waals surface area (Å²) in [5.41, 5.74) is 2.50. The molecule has 0 radical (unpaired) electrons. The van der Waals surface area contributed by atoms with E-state index in [0.717, 1.165) is 11.3 Å². The van der Waals surface area contributed by atoms with Gasteiger partial charge < -0.3 is 15.0 Å². The van der Waals surface area contributed by atoms with E-state index in [-0.39, 0.29) is 5.91 Å². The first kappa shape index (κ1) is 18.6. The first-order valence-corrected chi connectivity index (χ1v) is 9.31. The number of morpholine rings is 1. The minimum Gasteiger partial charge on any atom is -0.378 e. The highest BCUT2D eigenvalue weighted by Gasteiger charge is 2.21. The normalized spacial score (nSPS) is 13.6. The zero-order chi connectivity index (χ0) is 20.1.